The van der Waals surface area contributed by atoms with Crippen LogP contribution >= 0.6 is 0 Å². The van der Waals surface area contributed by atoms with Gasteiger partial charge in [0, 0.05) is 28.7 Å². The van der Waals surface area contributed by atoms with Gasteiger partial charge in [-0.2, -0.15) is 0 Å². The van der Waals surface area contributed by atoms with Crippen molar-refractivity contribution < 1.29 is 9.47 Å². The SMILES string of the molecule is CCNC1CCc2[nH]c3cc(OC)c(OC)cc3c2C1. The zero-order valence-electron chi connectivity index (χ0n) is 12.4. The second kappa shape index (κ2) is 5.37. The van der Waals surface area contributed by atoms with E-state index in [0.29, 0.717) is 6.04 Å². The number of aromatic amines is 1. The first-order valence-corrected chi connectivity index (χ1v) is 7.25. The maximum Gasteiger partial charge on any atom is 0.162 e. The molecule has 1 unspecified atom stereocenters. The minimum Gasteiger partial charge on any atom is -0.493 e. The van der Waals surface area contributed by atoms with Gasteiger partial charge in [-0.1, -0.05) is 6.92 Å². The average molecular weight is 274 g/mol. The fourth-order valence-electron chi connectivity index (χ4n) is 3.21. The summed E-state index contributed by atoms with van der Waals surface area (Å²) in [6, 6.07) is 4.71. The Morgan fingerprint density at radius 2 is 2.00 bits per heavy atom. The number of aromatic nitrogens is 1. The van der Waals surface area contributed by atoms with Crippen molar-refractivity contribution in [3.05, 3.63) is 23.4 Å². The van der Waals surface area contributed by atoms with E-state index in [1.165, 1.54) is 23.1 Å². The zero-order chi connectivity index (χ0) is 14.1. The molecule has 0 fully saturated rings. The van der Waals surface area contributed by atoms with Crippen molar-refractivity contribution in [2.45, 2.75) is 32.2 Å². The lowest BCUT2D eigenvalue weighted by Crippen LogP contribution is -2.34. The Morgan fingerprint density at radius 1 is 1.25 bits per heavy atom. The smallest absolute Gasteiger partial charge is 0.162 e. The molecule has 4 nitrogen and oxygen atoms in total. The number of fused-ring (bicyclic) bond motifs is 3. The van der Waals surface area contributed by atoms with E-state index in [1.54, 1.807) is 14.2 Å². The quantitative estimate of drug-likeness (QED) is 0.901. The number of methoxy groups -OCH3 is 2. The highest BCUT2D eigenvalue weighted by molar-refractivity contribution is 5.88. The topological polar surface area (TPSA) is 46.3 Å². The van der Waals surface area contributed by atoms with Crippen LogP contribution in [-0.2, 0) is 12.8 Å². The van der Waals surface area contributed by atoms with Crippen molar-refractivity contribution in [3.63, 3.8) is 0 Å². The van der Waals surface area contributed by atoms with Gasteiger partial charge >= 0.3 is 0 Å². The van der Waals surface area contributed by atoms with Gasteiger partial charge in [-0.15, -0.1) is 0 Å². The highest BCUT2D eigenvalue weighted by Gasteiger charge is 2.23. The van der Waals surface area contributed by atoms with E-state index < -0.39 is 0 Å². The standard InChI is InChI=1S/C16H22N2O2/c1-4-17-10-5-6-13-11(7-10)12-8-15(19-2)16(20-3)9-14(12)18-13/h8-10,17-18H,4-7H2,1-3H3. The third-order valence-corrected chi connectivity index (χ3v) is 4.18. The molecular weight excluding hydrogens is 252 g/mol. The predicted molar refractivity (Wildman–Crippen MR) is 80.9 cm³/mol. The van der Waals surface area contributed by atoms with E-state index in [1.807, 2.05) is 6.07 Å². The average Bonchev–Trinajstić information content (AvgIpc) is 2.83. The predicted octanol–water partition coefficient (Wildman–Crippen LogP) is 2.65. The van der Waals surface area contributed by atoms with Crippen LogP contribution in [0.1, 0.15) is 24.6 Å². The van der Waals surface area contributed by atoms with E-state index in [4.69, 9.17) is 9.47 Å². The second-order valence-electron chi connectivity index (χ2n) is 5.33. The Kier molecular flexibility index (Phi) is 3.57. The summed E-state index contributed by atoms with van der Waals surface area (Å²) in [5.74, 6) is 1.58. The fraction of sp³-hybridized carbons (Fsp3) is 0.500. The van der Waals surface area contributed by atoms with Crippen LogP contribution in [0, 0.1) is 0 Å². The zero-order valence-corrected chi connectivity index (χ0v) is 12.4. The van der Waals surface area contributed by atoms with Crippen molar-refractivity contribution in [1.29, 1.82) is 0 Å². The molecule has 2 N–H and O–H groups in total. The van der Waals surface area contributed by atoms with Crippen LogP contribution in [0.3, 0.4) is 0 Å². The molecule has 2 aromatic rings. The van der Waals surface area contributed by atoms with Gasteiger partial charge in [0.2, 0.25) is 0 Å². The van der Waals surface area contributed by atoms with Crippen LogP contribution in [-0.4, -0.2) is 31.8 Å². The normalized spacial score (nSPS) is 18.1. The summed E-state index contributed by atoms with van der Waals surface area (Å²) in [6.07, 6.45) is 3.38. The monoisotopic (exact) mass is 274 g/mol. The molecule has 0 saturated heterocycles. The number of aryl methyl sites for hydroxylation is 1. The van der Waals surface area contributed by atoms with Crippen LogP contribution in [0.15, 0.2) is 12.1 Å². The molecule has 3 rings (SSSR count). The van der Waals surface area contributed by atoms with Crippen molar-refractivity contribution >= 4 is 10.9 Å². The van der Waals surface area contributed by atoms with Crippen molar-refractivity contribution in [3.8, 4) is 11.5 Å². The van der Waals surface area contributed by atoms with Gasteiger partial charge in [-0.25, -0.2) is 0 Å². The molecule has 0 saturated carbocycles. The molecule has 20 heavy (non-hydrogen) atoms. The van der Waals surface area contributed by atoms with Crippen LogP contribution in [0.5, 0.6) is 11.5 Å². The molecule has 0 aliphatic heterocycles. The Hall–Kier alpha value is -1.68. The molecule has 0 bridgehead atoms. The molecule has 1 aliphatic rings. The number of hydrogen-bond donors (Lipinski definition) is 2. The summed E-state index contributed by atoms with van der Waals surface area (Å²) >= 11 is 0. The van der Waals surface area contributed by atoms with Gasteiger partial charge in [-0.05, 0) is 37.4 Å². The number of likely N-dealkylation sites (N-methyl/N-ethyl adjacent to an activating group) is 1. The molecular formula is C16H22N2O2. The number of H-pyrrole nitrogens is 1. The molecule has 0 spiro atoms. The van der Waals surface area contributed by atoms with Gasteiger partial charge < -0.3 is 19.8 Å². The number of rotatable bonds is 4. The maximum atomic E-state index is 5.42. The number of nitrogens with one attached hydrogen (secondary N) is 2. The molecule has 1 aliphatic carbocycles. The second-order valence-corrected chi connectivity index (χ2v) is 5.33. The fourth-order valence-corrected chi connectivity index (χ4v) is 3.21. The largest absolute Gasteiger partial charge is 0.493 e. The Balaban J connectivity index is 2.06. The molecule has 0 amide bonds. The highest BCUT2D eigenvalue weighted by Crippen LogP contribution is 2.36. The molecule has 108 valence electrons. The maximum absolute atomic E-state index is 5.42. The third kappa shape index (κ3) is 2.14. The van der Waals surface area contributed by atoms with Crippen molar-refractivity contribution in [1.82, 2.24) is 10.3 Å². The minimum atomic E-state index is 0.583. The van der Waals surface area contributed by atoms with Crippen molar-refractivity contribution in [2.75, 3.05) is 20.8 Å². The Morgan fingerprint density at radius 3 is 2.70 bits per heavy atom. The number of hydrogen-bond acceptors (Lipinski definition) is 3. The van der Waals surface area contributed by atoms with Crippen molar-refractivity contribution in [2.24, 2.45) is 0 Å². The van der Waals surface area contributed by atoms with Crippen LogP contribution < -0.4 is 14.8 Å². The van der Waals surface area contributed by atoms with Gasteiger partial charge in [0.25, 0.3) is 0 Å². The lowest BCUT2D eigenvalue weighted by Gasteiger charge is -2.23. The van der Waals surface area contributed by atoms with E-state index in [2.05, 4.69) is 23.3 Å². The lowest BCUT2D eigenvalue weighted by atomic mass is 9.91. The summed E-state index contributed by atoms with van der Waals surface area (Å²) in [5.41, 5.74) is 3.94. The molecule has 1 heterocycles. The van der Waals surface area contributed by atoms with Crippen LogP contribution in [0.25, 0.3) is 10.9 Å². The Labute approximate surface area is 119 Å². The summed E-state index contributed by atoms with van der Waals surface area (Å²) in [4.78, 5) is 3.54. The first kappa shape index (κ1) is 13.3. The minimum absolute atomic E-state index is 0.583. The molecule has 1 aromatic carbocycles. The summed E-state index contributed by atoms with van der Waals surface area (Å²) in [5, 5.41) is 4.83. The van der Waals surface area contributed by atoms with Gasteiger partial charge in [0.1, 0.15) is 0 Å². The van der Waals surface area contributed by atoms with Crippen LogP contribution in [0.2, 0.25) is 0 Å². The summed E-state index contributed by atoms with van der Waals surface area (Å²) < 4.78 is 10.8. The van der Waals surface area contributed by atoms with E-state index in [0.717, 1.165) is 36.4 Å². The molecule has 4 heteroatoms. The number of benzene rings is 1. The third-order valence-electron chi connectivity index (χ3n) is 4.18. The molecule has 1 atom stereocenters. The van der Waals surface area contributed by atoms with E-state index in [-0.39, 0.29) is 0 Å². The van der Waals surface area contributed by atoms with Gasteiger partial charge in [0.05, 0.1) is 14.2 Å². The molecule has 1 aromatic heterocycles. The van der Waals surface area contributed by atoms with E-state index in [9.17, 15) is 0 Å². The molecule has 0 radical (unpaired) electrons. The van der Waals surface area contributed by atoms with Gasteiger partial charge in [0.15, 0.2) is 11.5 Å². The van der Waals surface area contributed by atoms with E-state index >= 15 is 0 Å². The summed E-state index contributed by atoms with van der Waals surface area (Å²) in [6.45, 7) is 3.19. The highest BCUT2D eigenvalue weighted by atomic mass is 16.5. The first-order valence-electron chi connectivity index (χ1n) is 7.25. The number of ether oxygens (including phenoxy) is 2. The lowest BCUT2D eigenvalue weighted by molar-refractivity contribution is 0.356. The van der Waals surface area contributed by atoms with Crippen LogP contribution in [0.4, 0.5) is 0 Å². The Bertz CT molecular complexity index is 618. The van der Waals surface area contributed by atoms with Gasteiger partial charge in [-0.3, -0.25) is 0 Å². The first-order chi connectivity index (χ1) is 9.76. The summed E-state index contributed by atoms with van der Waals surface area (Å²) in [7, 11) is 3.36.